The van der Waals surface area contributed by atoms with Gasteiger partial charge in [0.15, 0.2) is 0 Å². The molecule has 41 heavy (non-hydrogen) atoms. The molecule has 0 aliphatic rings. The van der Waals surface area contributed by atoms with Gasteiger partial charge in [0.05, 0.1) is 21.6 Å². The van der Waals surface area contributed by atoms with E-state index in [0.717, 1.165) is 34.6 Å². The lowest BCUT2D eigenvalue weighted by molar-refractivity contribution is 0.412. The van der Waals surface area contributed by atoms with Crippen molar-refractivity contribution in [2.45, 2.75) is 24.3 Å². The summed E-state index contributed by atoms with van der Waals surface area (Å²) in [6.07, 6.45) is 1.20. The van der Waals surface area contributed by atoms with Crippen molar-refractivity contribution in [3.63, 3.8) is 0 Å². The van der Waals surface area contributed by atoms with Gasteiger partial charge in [0.1, 0.15) is 11.7 Å². The number of hydrogen-bond acceptors (Lipinski definition) is 5. The third-order valence-corrected chi connectivity index (χ3v) is 8.46. The van der Waals surface area contributed by atoms with Crippen molar-refractivity contribution in [2.75, 3.05) is 25.4 Å². The van der Waals surface area contributed by atoms with Crippen LogP contribution in [0.1, 0.15) is 28.1 Å². The van der Waals surface area contributed by atoms with E-state index in [4.69, 9.17) is 16.1 Å². The lowest BCUT2D eigenvalue weighted by Crippen LogP contribution is -2.19. The largest absolute Gasteiger partial charge is 0.384 e. The molecule has 0 saturated carbocycles. The molecule has 0 aliphatic carbocycles. The first-order valence-corrected chi connectivity index (χ1v) is 14.9. The van der Waals surface area contributed by atoms with Crippen molar-refractivity contribution in [1.29, 1.82) is 5.41 Å². The Hall–Kier alpha value is -4.47. The molecule has 1 heterocycles. The molecule has 1 aromatic heterocycles. The summed E-state index contributed by atoms with van der Waals surface area (Å²) in [7, 11) is 0.136. The highest BCUT2D eigenvalue weighted by molar-refractivity contribution is 7.92. The number of nitrogens with zero attached hydrogens (tertiary/aromatic N) is 3. The molecule has 5 rings (SSSR count). The maximum atomic E-state index is 13.5. The zero-order valence-corrected chi connectivity index (χ0v) is 24.0. The molecule has 5 aromatic rings. The van der Waals surface area contributed by atoms with Gasteiger partial charge in [-0.15, -0.1) is 0 Å². The second-order valence-electron chi connectivity index (χ2n) is 10.4. The van der Waals surface area contributed by atoms with Crippen LogP contribution < -0.4 is 10.5 Å². The van der Waals surface area contributed by atoms with Gasteiger partial charge < -0.3 is 15.2 Å². The van der Waals surface area contributed by atoms with Crippen molar-refractivity contribution in [3.05, 3.63) is 125 Å². The summed E-state index contributed by atoms with van der Waals surface area (Å²) in [5.74, 6) is 0.886. The van der Waals surface area contributed by atoms with Crippen molar-refractivity contribution in [3.8, 4) is 0 Å². The minimum atomic E-state index is -3.80. The number of aromatic nitrogens is 2. The maximum Gasteiger partial charge on any atom is 0.262 e. The van der Waals surface area contributed by atoms with Crippen molar-refractivity contribution in [1.82, 2.24) is 14.5 Å². The van der Waals surface area contributed by atoms with E-state index in [1.54, 1.807) is 24.3 Å². The Kier molecular flexibility index (Phi) is 8.19. The highest BCUT2D eigenvalue weighted by atomic mass is 32.2. The summed E-state index contributed by atoms with van der Waals surface area (Å²) in [5.41, 5.74) is 11.3. The fourth-order valence-corrected chi connectivity index (χ4v) is 6.15. The molecule has 0 aliphatic heterocycles. The normalized spacial score (nSPS) is 11.7. The van der Waals surface area contributed by atoms with E-state index in [2.05, 4.69) is 21.4 Å². The Morgan fingerprint density at radius 1 is 0.927 bits per heavy atom. The quantitative estimate of drug-likeness (QED) is 0.156. The number of likely N-dealkylation sites (N-methyl/N-ethyl adjacent to an activating group) is 1. The molecule has 0 unspecified atom stereocenters. The molecule has 8 nitrogen and oxygen atoms in total. The molecular weight excluding hydrogens is 532 g/mol. The monoisotopic (exact) mass is 566 g/mol. The lowest BCUT2D eigenvalue weighted by Gasteiger charge is -2.14. The molecule has 0 atom stereocenters. The SMILES string of the molecule is CN(C)CCc1ccccc1S(=O)(=O)Nc1ccc2c(c1)nc(Cc1ccc(C(=N)N)cc1)n2Cc1ccccc1. The Bertz CT molecular complexity index is 1780. The Morgan fingerprint density at radius 2 is 1.63 bits per heavy atom. The van der Waals surface area contributed by atoms with E-state index < -0.39 is 10.0 Å². The van der Waals surface area contributed by atoms with Gasteiger partial charge in [-0.2, -0.15) is 0 Å². The van der Waals surface area contributed by atoms with E-state index in [1.807, 2.05) is 79.7 Å². The molecule has 0 spiro atoms. The average Bonchev–Trinajstić information content (AvgIpc) is 3.28. The van der Waals surface area contributed by atoms with Crippen molar-refractivity contribution < 1.29 is 8.42 Å². The van der Waals surface area contributed by atoms with Crippen LogP contribution in [0.5, 0.6) is 0 Å². The Balaban J connectivity index is 1.48. The first-order valence-electron chi connectivity index (χ1n) is 13.4. The third kappa shape index (κ3) is 6.65. The minimum Gasteiger partial charge on any atom is -0.384 e. The van der Waals surface area contributed by atoms with Gasteiger partial charge in [-0.1, -0.05) is 72.8 Å². The molecule has 210 valence electrons. The van der Waals surface area contributed by atoms with Gasteiger partial charge in [0, 0.05) is 25.1 Å². The number of nitrogens with two attached hydrogens (primary N) is 1. The number of hydrogen-bond donors (Lipinski definition) is 3. The number of imidazole rings is 1. The fourth-order valence-electron chi connectivity index (χ4n) is 4.83. The van der Waals surface area contributed by atoms with Gasteiger partial charge in [-0.3, -0.25) is 10.1 Å². The predicted molar refractivity (Wildman–Crippen MR) is 165 cm³/mol. The van der Waals surface area contributed by atoms with Crippen LogP contribution in [0.25, 0.3) is 11.0 Å². The maximum absolute atomic E-state index is 13.5. The number of nitrogens with one attached hydrogen (secondary N) is 2. The van der Waals surface area contributed by atoms with Crippen LogP contribution in [0, 0.1) is 5.41 Å². The summed E-state index contributed by atoms with van der Waals surface area (Å²) < 4.78 is 31.9. The third-order valence-electron chi connectivity index (χ3n) is 6.98. The number of rotatable bonds is 11. The van der Waals surface area contributed by atoms with Crippen LogP contribution in [-0.2, 0) is 29.4 Å². The topological polar surface area (TPSA) is 117 Å². The number of nitrogen functional groups attached to an aromatic ring is 1. The minimum absolute atomic E-state index is 0.0307. The second-order valence-corrected chi connectivity index (χ2v) is 12.0. The van der Waals surface area contributed by atoms with Crippen molar-refractivity contribution >= 4 is 32.6 Å². The van der Waals surface area contributed by atoms with Crippen LogP contribution in [0.4, 0.5) is 5.69 Å². The molecule has 0 fully saturated rings. The summed E-state index contributed by atoms with van der Waals surface area (Å²) in [6.45, 7) is 1.38. The number of benzene rings is 4. The molecule has 4 N–H and O–H groups in total. The number of anilines is 1. The molecular formula is C32H34N6O2S. The van der Waals surface area contributed by atoms with Gasteiger partial charge >= 0.3 is 0 Å². The Labute approximate surface area is 241 Å². The standard InChI is InChI=1S/C32H34N6O2S/c1-37(2)19-18-25-10-6-7-11-30(25)41(39,40)36-27-16-17-29-28(21-27)35-31(38(29)22-24-8-4-3-5-9-24)20-23-12-14-26(15-13-23)32(33)34/h3-17,21,36H,18-20,22H2,1-2H3,(H3,33,34). The zero-order chi connectivity index (χ0) is 29.0. The summed E-state index contributed by atoms with van der Waals surface area (Å²) in [4.78, 5) is 7.26. The molecule has 0 saturated heterocycles. The fraction of sp³-hybridized carbons (Fsp3) is 0.188. The highest BCUT2D eigenvalue weighted by Gasteiger charge is 2.20. The van der Waals surface area contributed by atoms with Crippen LogP contribution >= 0.6 is 0 Å². The van der Waals surface area contributed by atoms with Crippen LogP contribution in [0.3, 0.4) is 0 Å². The predicted octanol–water partition coefficient (Wildman–Crippen LogP) is 4.86. The first-order chi connectivity index (χ1) is 19.7. The van der Waals surface area contributed by atoms with Crippen LogP contribution in [-0.4, -0.2) is 49.3 Å². The molecule has 4 aromatic carbocycles. The molecule has 0 radical (unpaired) electrons. The van der Waals surface area contributed by atoms with Crippen LogP contribution in [0.2, 0.25) is 0 Å². The van der Waals surface area contributed by atoms with Gasteiger partial charge in [-0.25, -0.2) is 13.4 Å². The lowest BCUT2D eigenvalue weighted by atomic mass is 10.1. The summed E-state index contributed by atoms with van der Waals surface area (Å²) >= 11 is 0. The average molecular weight is 567 g/mol. The Morgan fingerprint density at radius 3 is 2.34 bits per heavy atom. The van der Waals surface area contributed by atoms with E-state index in [0.29, 0.717) is 36.2 Å². The van der Waals surface area contributed by atoms with E-state index in [9.17, 15) is 8.42 Å². The van der Waals surface area contributed by atoms with Gasteiger partial charge in [-0.05, 0) is 61.5 Å². The summed E-state index contributed by atoms with van der Waals surface area (Å²) in [6, 6.07) is 30.4. The summed E-state index contributed by atoms with van der Waals surface area (Å²) in [5, 5.41) is 7.66. The van der Waals surface area contributed by atoms with E-state index in [1.165, 1.54) is 0 Å². The molecule has 0 amide bonds. The molecule has 9 heteroatoms. The molecule has 0 bridgehead atoms. The van der Waals surface area contributed by atoms with E-state index in [-0.39, 0.29) is 10.7 Å². The first kappa shape index (κ1) is 28.1. The number of fused-ring (bicyclic) bond motifs is 1. The van der Waals surface area contributed by atoms with Gasteiger partial charge in [0.25, 0.3) is 10.0 Å². The highest BCUT2D eigenvalue weighted by Crippen LogP contribution is 2.26. The zero-order valence-electron chi connectivity index (χ0n) is 23.2. The smallest absolute Gasteiger partial charge is 0.262 e. The van der Waals surface area contributed by atoms with Crippen LogP contribution in [0.15, 0.2) is 102 Å². The number of amidine groups is 1. The number of sulfonamides is 1. The second kappa shape index (κ2) is 12.0. The van der Waals surface area contributed by atoms with Crippen molar-refractivity contribution in [2.24, 2.45) is 5.73 Å². The van der Waals surface area contributed by atoms with E-state index >= 15 is 0 Å². The van der Waals surface area contributed by atoms with Gasteiger partial charge in [0.2, 0.25) is 0 Å².